The van der Waals surface area contributed by atoms with E-state index in [4.69, 9.17) is 0 Å². The quantitative estimate of drug-likeness (QED) is 0.919. The van der Waals surface area contributed by atoms with Crippen LogP contribution in [0.2, 0.25) is 0 Å². The van der Waals surface area contributed by atoms with E-state index in [1.54, 1.807) is 30.0 Å². The normalized spacial score (nSPS) is 17.7. The number of aromatic hydroxyl groups is 1. The number of amides is 1. The largest absolute Gasteiger partial charge is 0.507 e. The van der Waals surface area contributed by atoms with Gasteiger partial charge in [-0.3, -0.25) is 14.5 Å². The van der Waals surface area contributed by atoms with Crippen molar-refractivity contribution < 1.29 is 14.7 Å². The summed E-state index contributed by atoms with van der Waals surface area (Å²) in [6.45, 7) is 2.13. The lowest BCUT2D eigenvalue weighted by molar-refractivity contribution is -0.117. The second-order valence-electron chi connectivity index (χ2n) is 5.41. The highest BCUT2D eigenvalue weighted by molar-refractivity contribution is 8.13. The molecule has 7 heteroatoms. The van der Waals surface area contributed by atoms with Crippen molar-refractivity contribution in [2.45, 2.75) is 13.3 Å². The zero-order valence-electron chi connectivity index (χ0n) is 12.6. The first-order chi connectivity index (χ1) is 11.0. The number of benzene rings is 1. The monoisotopic (exact) mass is 348 g/mol. The molecule has 0 spiro atoms. The Hall–Kier alpha value is -1.86. The van der Waals surface area contributed by atoms with E-state index in [2.05, 4.69) is 4.98 Å². The first kappa shape index (κ1) is 16.0. The fraction of sp³-hybridized carbons (Fsp3) is 0.312. The van der Waals surface area contributed by atoms with E-state index in [1.165, 1.54) is 23.1 Å². The summed E-state index contributed by atoms with van der Waals surface area (Å²) in [6, 6.07) is 7.01. The van der Waals surface area contributed by atoms with Gasteiger partial charge in [0.2, 0.25) is 5.91 Å². The van der Waals surface area contributed by atoms with E-state index in [1.807, 2.05) is 11.4 Å². The van der Waals surface area contributed by atoms with E-state index in [0.29, 0.717) is 35.1 Å². The molecule has 0 aliphatic carbocycles. The van der Waals surface area contributed by atoms with E-state index >= 15 is 0 Å². The summed E-state index contributed by atoms with van der Waals surface area (Å²) in [7, 11) is 0. The third kappa shape index (κ3) is 3.56. The summed E-state index contributed by atoms with van der Waals surface area (Å²) < 4.78 is 0. The molecule has 1 amide bonds. The Bertz CT molecular complexity index is 744. The van der Waals surface area contributed by atoms with Gasteiger partial charge in [0.05, 0.1) is 5.69 Å². The molecule has 1 unspecified atom stereocenters. The van der Waals surface area contributed by atoms with Gasteiger partial charge in [0.25, 0.3) is 0 Å². The SMILES string of the molecule is CC(=O)SCC1CC(=O)N(c2nc(-c3ccccc3O)cs2)C1. The molecule has 3 rings (SSSR count). The Morgan fingerprint density at radius 3 is 3.00 bits per heavy atom. The predicted molar refractivity (Wildman–Crippen MR) is 92.8 cm³/mol. The minimum Gasteiger partial charge on any atom is -0.507 e. The maximum Gasteiger partial charge on any atom is 0.229 e. The van der Waals surface area contributed by atoms with Crippen LogP contribution in [0.4, 0.5) is 5.13 Å². The van der Waals surface area contributed by atoms with Crippen LogP contribution in [-0.4, -0.2) is 33.4 Å². The van der Waals surface area contributed by atoms with Gasteiger partial charge in [-0.1, -0.05) is 23.9 Å². The fourth-order valence-corrected chi connectivity index (χ4v) is 4.06. The molecule has 0 bridgehead atoms. The van der Waals surface area contributed by atoms with Crippen LogP contribution in [0, 0.1) is 5.92 Å². The van der Waals surface area contributed by atoms with Gasteiger partial charge in [0.15, 0.2) is 10.2 Å². The number of hydrogen-bond acceptors (Lipinski definition) is 6. The molecule has 120 valence electrons. The number of carbonyl (C=O) groups is 2. The van der Waals surface area contributed by atoms with Crippen LogP contribution in [-0.2, 0) is 9.59 Å². The van der Waals surface area contributed by atoms with Gasteiger partial charge in [0, 0.05) is 36.6 Å². The molecule has 1 saturated heterocycles. The number of carbonyl (C=O) groups excluding carboxylic acids is 2. The maximum atomic E-state index is 12.2. The van der Waals surface area contributed by atoms with Crippen molar-refractivity contribution in [3.63, 3.8) is 0 Å². The number of hydrogen-bond donors (Lipinski definition) is 1. The summed E-state index contributed by atoms with van der Waals surface area (Å²) in [5.74, 6) is 1.05. The number of thiazole rings is 1. The predicted octanol–water partition coefficient (Wildman–Crippen LogP) is 3.15. The van der Waals surface area contributed by atoms with Gasteiger partial charge in [-0.25, -0.2) is 4.98 Å². The molecule has 2 heterocycles. The number of phenolic OH excluding ortho intramolecular Hbond substituents is 1. The summed E-state index contributed by atoms with van der Waals surface area (Å²) in [5, 5.41) is 12.5. The highest BCUT2D eigenvalue weighted by atomic mass is 32.2. The molecule has 23 heavy (non-hydrogen) atoms. The summed E-state index contributed by atoms with van der Waals surface area (Å²) >= 11 is 2.65. The Balaban J connectivity index is 1.74. The summed E-state index contributed by atoms with van der Waals surface area (Å²) in [5.41, 5.74) is 1.32. The van der Waals surface area contributed by atoms with E-state index in [9.17, 15) is 14.7 Å². The van der Waals surface area contributed by atoms with Crippen molar-refractivity contribution in [3.05, 3.63) is 29.6 Å². The second kappa shape index (κ2) is 6.72. The number of thioether (sulfide) groups is 1. The molecule has 1 aromatic carbocycles. The van der Waals surface area contributed by atoms with Crippen LogP contribution >= 0.6 is 23.1 Å². The fourth-order valence-electron chi connectivity index (χ4n) is 2.52. The second-order valence-corrected chi connectivity index (χ2v) is 7.44. The van der Waals surface area contributed by atoms with Gasteiger partial charge >= 0.3 is 0 Å². The number of nitrogens with zero attached hydrogens (tertiary/aromatic N) is 2. The first-order valence-electron chi connectivity index (χ1n) is 7.22. The molecule has 2 aromatic rings. The molecule has 1 aliphatic heterocycles. The van der Waals surface area contributed by atoms with Crippen LogP contribution in [0.25, 0.3) is 11.3 Å². The molecule has 1 aliphatic rings. The zero-order valence-corrected chi connectivity index (χ0v) is 14.2. The lowest BCUT2D eigenvalue weighted by atomic mass is 10.1. The molecule has 0 saturated carbocycles. The maximum absolute atomic E-state index is 12.2. The van der Waals surface area contributed by atoms with Crippen LogP contribution in [0.1, 0.15) is 13.3 Å². The molecular formula is C16H16N2O3S2. The smallest absolute Gasteiger partial charge is 0.229 e. The standard InChI is InChI=1S/C16H16N2O3S2/c1-10(19)22-8-11-6-15(21)18(7-11)16-17-13(9-23-16)12-4-2-3-5-14(12)20/h2-5,9,11,20H,6-8H2,1H3. The van der Waals surface area contributed by atoms with E-state index in [-0.39, 0.29) is 22.7 Å². The van der Waals surface area contributed by atoms with Crippen LogP contribution < -0.4 is 4.90 Å². The first-order valence-corrected chi connectivity index (χ1v) is 9.08. The minimum atomic E-state index is 0.0392. The van der Waals surface area contributed by atoms with Crippen LogP contribution in [0.5, 0.6) is 5.75 Å². The van der Waals surface area contributed by atoms with Crippen molar-refractivity contribution in [3.8, 4) is 17.0 Å². The summed E-state index contributed by atoms with van der Waals surface area (Å²) in [4.78, 5) is 29.4. The molecule has 1 atom stereocenters. The third-order valence-corrected chi connectivity index (χ3v) is 5.54. The van der Waals surface area contributed by atoms with E-state index < -0.39 is 0 Å². The molecule has 1 fully saturated rings. The number of rotatable bonds is 4. The van der Waals surface area contributed by atoms with Crippen LogP contribution in [0.3, 0.4) is 0 Å². The minimum absolute atomic E-state index is 0.0392. The lowest BCUT2D eigenvalue weighted by Gasteiger charge is -2.12. The average molecular weight is 348 g/mol. The zero-order chi connectivity index (χ0) is 16.4. The van der Waals surface area contributed by atoms with Crippen molar-refractivity contribution >= 4 is 39.3 Å². The molecule has 1 N–H and O–H groups in total. The Morgan fingerprint density at radius 1 is 1.48 bits per heavy atom. The van der Waals surface area contributed by atoms with Crippen molar-refractivity contribution in [1.82, 2.24) is 4.98 Å². The van der Waals surface area contributed by atoms with Gasteiger partial charge in [-0.05, 0) is 18.1 Å². The molecule has 5 nitrogen and oxygen atoms in total. The topological polar surface area (TPSA) is 70.5 Å². The van der Waals surface area contributed by atoms with E-state index in [0.717, 1.165) is 0 Å². The molecule has 1 aromatic heterocycles. The van der Waals surface area contributed by atoms with Gasteiger partial charge in [0.1, 0.15) is 5.75 Å². The Kier molecular flexibility index (Phi) is 4.68. The van der Waals surface area contributed by atoms with Crippen molar-refractivity contribution in [2.75, 3.05) is 17.2 Å². The van der Waals surface area contributed by atoms with Gasteiger partial charge in [-0.2, -0.15) is 0 Å². The van der Waals surface area contributed by atoms with Crippen LogP contribution in [0.15, 0.2) is 29.6 Å². The Morgan fingerprint density at radius 2 is 2.26 bits per heavy atom. The molecular weight excluding hydrogens is 332 g/mol. The Labute approximate surface area is 142 Å². The average Bonchev–Trinajstić information content (AvgIpc) is 3.12. The third-order valence-electron chi connectivity index (χ3n) is 3.63. The summed E-state index contributed by atoms with van der Waals surface area (Å²) in [6.07, 6.45) is 0.450. The van der Waals surface area contributed by atoms with Crippen molar-refractivity contribution in [1.29, 1.82) is 0 Å². The number of phenols is 1. The number of anilines is 1. The lowest BCUT2D eigenvalue weighted by Crippen LogP contribution is -2.24. The highest BCUT2D eigenvalue weighted by Gasteiger charge is 2.32. The van der Waals surface area contributed by atoms with Crippen molar-refractivity contribution in [2.24, 2.45) is 5.92 Å². The molecule has 0 radical (unpaired) electrons. The number of aromatic nitrogens is 1. The van der Waals surface area contributed by atoms with Gasteiger partial charge < -0.3 is 5.11 Å². The van der Waals surface area contributed by atoms with Gasteiger partial charge in [-0.15, -0.1) is 11.3 Å². The highest BCUT2D eigenvalue weighted by Crippen LogP contribution is 2.35. The number of para-hydroxylation sites is 1.